The van der Waals surface area contributed by atoms with Crippen molar-refractivity contribution in [1.82, 2.24) is 5.73 Å². The zero-order chi connectivity index (χ0) is 5.11. The summed E-state index contributed by atoms with van der Waals surface area (Å²) in [5.41, 5.74) is 8.74. The van der Waals surface area contributed by atoms with Gasteiger partial charge in [-0.25, -0.2) is 0 Å². The van der Waals surface area contributed by atoms with Crippen LogP contribution in [0.3, 0.4) is 0 Å². The first-order chi connectivity index (χ1) is 3.39. The fourth-order valence-electron chi connectivity index (χ4n) is 0.579. The summed E-state index contributed by atoms with van der Waals surface area (Å²) in [6.45, 7) is 0. The van der Waals surface area contributed by atoms with Crippen LogP contribution in [0.15, 0.2) is 24.3 Å². The Morgan fingerprint density at radius 3 is 2.14 bits per heavy atom. The molecular formula is C6H7N. The van der Waals surface area contributed by atoms with E-state index in [1.165, 1.54) is 0 Å². The summed E-state index contributed by atoms with van der Waals surface area (Å²) >= 11 is 0. The lowest BCUT2D eigenvalue weighted by Gasteiger charge is -1.97. The van der Waals surface area contributed by atoms with Crippen molar-refractivity contribution < 1.29 is 0 Å². The van der Waals surface area contributed by atoms with Gasteiger partial charge in [0.1, 0.15) is 0 Å². The molecule has 1 nitrogen and oxygen atoms in total. The van der Waals surface area contributed by atoms with Gasteiger partial charge < -0.3 is 0 Å². The van der Waals surface area contributed by atoms with Gasteiger partial charge in [-0.15, -0.1) is 5.73 Å². The Hall–Kier alpha value is -0.560. The molecule has 1 aliphatic carbocycles. The van der Waals surface area contributed by atoms with Gasteiger partial charge in [0.2, 0.25) is 0 Å². The number of rotatable bonds is 0. The lowest BCUT2D eigenvalue weighted by atomic mass is 10.1. The zero-order valence-corrected chi connectivity index (χ0v) is 4.04. The van der Waals surface area contributed by atoms with Gasteiger partial charge in [0, 0.05) is 0 Å². The van der Waals surface area contributed by atoms with Crippen molar-refractivity contribution in [2.75, 3.05) is 0 Å². The molecule has 0 saturated carbocycles. The third kappa shape index (κ3) is 1.16. The average Bonchev–Trinajstić information content (AvgIpc) is 1.69. The molecule has 0 fully saturated rings. The lowest BCUT2D eigenvalue weighted by Crippen LogP contribution is -2.00. The Bertz CT molecular complexity index is 90.7. The van der Waals surface area contributed by atoms with Crippen LogP contribution >= 0.6 is 0 Å². The van der Waals surface area contributed by atoms with Gasteiger partial charge in [-0.05, 0) is 6.42 Å². The molecule has 1 heteroatoms. The van der Waals surface area contributed by atoms with E-state index in [-0.39, 0.29) is 6.04 Å². The van der Waals surface area contributed by atoms with E-state index in [2.05, 4.69) is 0 Å². The van der Waals surface area contributed by atoms with Gasteiger partial charge in [-0.3, -0.25) is 0 Å². The topological polar surface area (TPSA) is 22.3 Å². The van der Waals surface area contributed by atoms with Gasteiger partial charge in [-0.1, -0.05) is 24.3 Å². The normalized spacial score (nSPS) is 20.7. The maximum absolute atomic E-state index is 8.74. The summed E-state index contributed by atoms with van der Waals surface area (Å²) in [6.07, 6.45) is 8.42. The molecule has 0 saturated heterocycles. The molecule has 0 N–H and O–H groups in total. The number of allylic oxidation sites excluding steroid dienone is 2. The quantitative estimate of drug-likeness (QED) is 0.398. The van der Waals surface area contributed by atoms with E-state index < -0.39 is 0 Å². The highest BCUT2D eigenvalue weighted by molar-refractivity contribution is 5.11. The molecule has 0 aliphatic heterocycles. The van der Waals surface area contributed by atoms with Crippen molar-refractivity contribution in [3.63, 3.8) is 0 Å². The van der Waals surface area contributed by atoms with Gasteiger partial charge >= 0.3 is 0 Å². The minimum Gasteiger partial charge on any atom is -0.132 e. The van der Waals surface area contributed by atoms with Crippen LogP contribution in [0.1, 0.15) is 6.42 Å². The van der Waals surface area contributed by atoms with E-state index >= 15 is 0 Å². The molecule has 0 unspecified atom stereocenters. The smallest absolute Gasteiger partial charge is 0.0795 e. The van der Waals surface area contributed by atoms with Crippen LogP contribution in [0, 0.1) is 0 Å². The van der Waals surface area contributed by atoms with Crippen LogP contribution in [0.25, 0.3) is 0 Å². The molecule has 0 bridgehead atoms. The van der Waals surface area contributed by atoms with Crippen molar-refractivity contribution in [3.05, 3.63) is 24.3 Å². The summed E-state index contributed by atoms with van der Waals surface area (Å²) in [6, 6.07) is -0.325. The number of hydrogen-bond donors (Lipinski definition) is 0. The van der Waals surface area contributed by atoms with E-state index in [1.54, 1.807) is 12.2 Å². The molecule has 2 radical (unpaired) electrons. The summed E-state index contributed by atoms with van der Waals surface area (Å²) in [5, 5.41) is 0. The SMILES string of the molecule is [N]C1C=CCC=C1. The number of hydrogen-bond acceptors (Lipinski definition) is 0. The molecule has 0 amide bonds. The highest BCUT2D eigenvalue weighted by atomic mass is 14.6. The fourth-order valence-corrected chi connectivity index (χ4v) is 0.579. The standard InChI is InChI=1S/C6H7N/c7-6-4-2-1-3-5-6/h2-6H,1H2. The summed E-state index contributed by atoms with van der Waals surface area (Å²) in [5.74, 6) is 0. The minimum atomic E-state index is -0.325. The molecule has 1 aliphatic rings. The second-order valence-corrected chi connectivity index (χ2v) is 1.58. The molecule has 0 aromatic rings. The van der Waals surface area contributed by atoms with Gasteiger partial charge in [0.25, 0.3) is 0 Å². The Labute approximate surface area is 43.5 Å². The molecular weight excluding hydrogens is 86.1 g/mol. The van der Waals surface area contributed by atoms with Crippen molar-refractivity contribution in [2.24, 2.45) is 0 Å². The first-order valence-corrected chi connectivity index (χ1v) is 2.41. The molecule has 0 aromatic carbocycles. The Kier molecular flexibility index (Phi) is 1.27. The largest absolute Gasteiger partial charge is 0.132 e. The van der Waals surface area contributed by atoms with Crippen LogP contribution in [-0.2, 0) is 0 Å². The lowest BCUT2D eigenvalue weighted by molar-refractivity contribution is 0.957. The third-order valence-corrected chi connectivity index (χ3v) is 0.939. The first kappa shape index (κ1) is 4.60. The molecule has 0 spiro atoms. The van der Waals surface area contributed by atoms with Crippen molar-refractivity contribution in [3.8, 4) is 0 Å². The maximum atomic E-state index is 8.74. The van der Waals surface area contributed by atoms with Gasteiger partial charge in [0.05, 0.1) is 6.04 Å². The van der Waals surface area contributed by atoms with Crippen LogP contribution in [0.4, 0.5) is 0 Å². The molecule has 1 rings (SSSR count). The van der Waals surface area contributed by atoms with Gasteiger partial charge in [-0.2, -0.15) is 0 Å². The van der Waals surface area contributed by atoms with E-state index in [9.17, 15) is 0 Å². The highest BCUT2D eigenvalue weighted by Gasteiger charge is 1.93. The summed E-state index contributed by atoms with van der Waals surface area (Å²) < 4.78 is 0. The second kappa shape index (κ2) is 1.94. The molecule has 36 valence electrons. The predicted octanol–water partition coefficient (Wildman–Crippen LogP) is 0.940. The van der Waals surface area contributed by atoms with Crippen LogP contribution in [-0.4, -0.2) is 6.04 Å². The van der Waals surface area contributed by atoms with Crippen molar-refractivity contribution >= 4 is 0 Å². The zero-order valence-electron chi connectivity index (χ0n) is 4.04. The molecule has 0 heterocycles. The van der Waals surface area contributed by atoms with E-state index in [4.69, 9.17) is 5.73 Å². The van der Waals surface area contributed by atoms with E-state index in [0.29, 0.717) is 0 Å². The van der Waals surface area contributed by atoms with Crippen molar-refractivity contribution in [2.45, 2.75) is 12.5 Å². The Balaban J connectivity index is 2.49. The predicted molar refractivity (Wildman–Crippen MR) is 28.8 cm³/mol. The molecule has 0 aromatic heterocycles. The van der Waals surface area contributed by atoms with Crippen molar-refractivity contribution in [1.29, 1.82) is 0 Å². The highest BCUT2D eigenvalue weighted by Crippen LogP contribution is 1.98. The van der Waals surface area contributed by atoms with Gasteiger partial charge in [0.15, 0.2) is 0 Å². The van der Waals surface area contributed by atoms with Crippen LogP contribution in [0.5, 0.6) is 0 Å². The van der Waals surface area contributed by atoms with E-state index in [0.717, 1.165) is 6.42 Å². The van der Waals surface area contributed by atoms with E-state index in [1.807, 2.05) is 12.2 Å². The molecule has 7 heavy (non-hydrogen) atoms. The average molecular weight is 93.1 g/mol. The minimum absolute atomic E-state index is 0.325. The first-order valence-electron chi connectivity index (χ1n) is 2.41. The van der Waals surface area contributed by atoms with Crippen LogP contribution in [0.2, 0.25) is 0 Å². The maximum Gasteiger partial charge on any atom is 0.0795 e. The molecule has 0 atom stereocenters. The third-order valence-electron chi connectivity index (χ3n) is 0.939. The fraction of sp³-hybridized carbons (Fsp3) is 0.333. The number of nitrogens with zero attached hydrogens (tertiary/aromatic N) is 1. The van der Waals surface area contributed by atoms with Crippen LogP contribution < -0.4 is 5.73 Å². The summed E-state index contributed by atoms with van der Waals surface area (Å²) in [4.78, 5) is 0. The monoisotopic (exact) mass is 93.1 g/mol. The Morgan fingerprint density at radius 2 is 1.86 bits per heavy atom. The second-order valence-electron chi connectivity index (χ2n) is 1.58. The summed E-state index contributed by atoms with van der Waals surface area (Å²) in [7, 11) is 0. The Morgan fingerprint density at radius 1 is 1.29 bits per heavy atom.